The highest BCUT2D eigenvalue weighted by molar-refractivity contribution is 14.1. The lowest BCUT2D eigenvalue weighted by Gasteiger charge is -2.08. The van der Waals surface area contributed by atoms with Crippen molar-refractivity contribution in [2.24, 2.45) is 0 Å². The van der Waals surface area contributed by atoms with Crippen molar-refractivity contribution in [2.75, 3.05) is 4.30 Å². The summed E-state index contributed by atoms with van der Waals surface area (Å²) in [6.07, 6.45) is 1.83. The predicted octanol–water partition coefficient (Wildman–Crippen LogP) is 2.64. The number of aromatic nitrogens is 1. The molecule has 0 spiro atoms. The van der Waals surface area contributed by atoms with Gasteiger partial charge >= 0.3 is 16.5 Å². The van der Waals surface area contributed by atoms with E-state index >= 15 is 0 Å². The molecule has 2 rings (SSSR count). The Morgan fingerprint density at radius 1 is 1.29 bits per heavy atom. The van der Waals surface area contributed by atoms with Gasteiger partial charge in [0.2, 0.25) is 0 Å². The number of halogens is 1. The number of fused-ring (bicyclic) bond motifs is 1. The van der Waals surface area contributed by atoms with Crippen molar-refractivity contribution in [2.45, 2.75) is 6.92 Å². The number of aryl methyl sites for hydroxylation is 1. The van der Waals surface area contributed by atoms with Gasteiger partial charge in [0.25, 0.3) is 0 Å². The molecule has 0 aliphatic rings. The molecule has 1 heterocycles. The summed E-state index contributed by atoms with van der Waals surface area (Å²) in [4.78, 5) is 4.26. The Hall–Kier alpha value is -0.308. The van der Waals surface area contributed by atoms with E-state index in [-0.39, 0.29) is 0 Å². The maximum absolute atomic E-state index is 4.26. The molecule has 1 aromatic carbocycles. The van der Waals surface area contributed by atoms with Gasteiger partial charge in [-0.3, -0.25) is 0 Å². The summed E-state index contributed by atoms with van der Waals surface area (Å²) >= 11 is 4.85. The van der Waals surface area contributed by atoms with Gasteiger partial charge < -0.3 is 4.30 Å². The van der Waals surface area contributed by atoms with Crippen LogP contribution in [-0.4, -0.2) is 21.5 Å². The van der Waals surface area contributed by atoms with Crippen molar-refractivity contribution < 1.29 is 0 Å². The fourth-order valence-corrected chi connectivity index (χ4v) is 2.32. The second-order valence-electron chi connectivity index (χ2n) is 3.10. The highest BCUT2D eigenvalue weighted by Crippen LogP contribution is 2.27. The maximum Gasteiger partial charge on any atom is 0.308 e. The van der Waals surface area contributed by atoms with E-state index in [9.17, 15) is 0 Å². The second-order valence-corrected chi connectivity index (χ2v) is 4.46. The average Bonchev–Trinajstić information content (AvgIpc) is 2.23. The standard InChI is InChI=1S/C10H8IN2.Al/c1-6-2-3-8-7(9(6)11)4-5-13-10(8)12;/h2-5H,1H3,(H-,12,13);/q-1;+1. The molecular formula is C10H8AlIN2. The summed E-state index contributed by atoms with van der Waals surface area (Å²) in [7, 11) is 0. The molecule has 1 aromatic heterocycles. The maximum atomic E-state index is 4.26. The fraction of sp³-hybridized carbons (Fsp3) is 0.100. The van der Waals surface area contributed by atoms with E-state index in [0.717, 1.165) is 11.2 Å². The minimum Gasteiger partial charge on any atom is -0.476 e. The Morgan fingerprint density at radius 2 is 2.07 bits per heavy atom. The molecular weight excluding hydrogens is 302 g/mol. The van der Waals surface area contributed by atoms with Crippen LogP contribution in [0, 0.1) is 10.5 Å². The van der Waals surface area contributed by atoms with Gasteiger partial charge in [0.05, 0.1) is 0 Å². The van der Waals surface area contributed by atoms with E-state index in [1.807, 2.05) is 6.20 Å². The number of hydrogen-bond acceptors (Lipinski definition) is 2. The average molecular weight is 310 g/mol. The van der Waals surface area contributed by atoms with E-state index in [1.165, 1.54) is 14.5 Å². The van der Waals surface area contributed by atoms with Gasteiger partial charge in [0.15, 0.2) is 0 Å². The molecule has 0 aliphatic heterocycles. The van der Waals surface area contributed by atoms with Gasteiger partial charge in [-0.2, -0.15) is 0 Å². The number of hydrogen-bond donors (Lipinski definition) is 1. The third-order valence-corrected chi connectivity index (χ3v) is 3.91. The number of anilines is 1. The molecule has 2 radical (unpaired) electrons. The zero-order valence-electron chi connectivity index (χ0n) is 7.71. The van der Waals surface area contributed by atoms with Crippen molar-refractivity contribution in [1.29, 1.82) is 0 Å². The molecule has 2 nitrogen and oxygen atoms in total. The number of rotatable bonds is 1. The van der Waals surface area contributed by atoms with Crippen LogP contribution in [0.4, 0.5) is 5.82 Å². The molecule has 1 N–H and O–H groups in total. The van der Waals surface area contributed by atoms with Crippen molar-refractivity contribution in [1.82, 2.24) is 4.98 Å². The molecule has 0 amide bonds. The van der Waals surface area contributed by atoms with E-state index in [0.29, 0.717) is 0 Å². The number of pyridine rings is 1. The first-order valence-corrected chi connectivity index (χ1v) is 5.90. The molecule has 0 saturated carbocycles. The lowest BCUT2D eigenvalue weighted by Crippen LogP contribution is -1.96. The first-order chi connectivity index (χ1) is 6.74. The van der Waals surface area contributed by atoms with Crippen LogP contribution in [0.15, 0.2) is 24.4 Å². The first kappa shape index (κ1) is 10.2. The quantitative estimate of drug-likeness (QED) is 0.647. The molecule has 0 saturated heterocycles. The molecule has 0 bridgehead atoms. The summed E-state index contributed by atoms with van der Waals surface area (Å²) in [5.74, 6) is 0.908. The fourth-order valence-electron chi connectivity index (χ4n) is 1.44. The third kappa shape index (κ3) is 1.62. The molecule has 14 heavy (non-hydrogen) atoms. The molecule has 4 heteroatoms. The van der Waals surface area contributed by atoms with Crippen molar-refractivity contribution in [3.05, 3.63) is 33.5 Å². The predicted molar refractivity (Wildman–Crippen MR) is 68.6 cm³/mol. The number of benzene rings is 1. The Balaban J connectivity index is 2.86. The smallest absolute Gasteiger partial charge is 0.308 e. The summed E-state index contributed by atoms with van der Waals surface area (Å²) in [6.45, 7) is 2.12. The number of nitrogens with zero attached hydrogens (tertiary/aromatic N) is 1. The van der Waals surface area contributed by atoms with Gasteiger partial charge in [-0.25, -0.2) is 4.98 Å². The van der Waals surface area contributed by atoms with Gasteiger partial charge in [-0.1, -0.05) is 12.1 Å². The number of nitrogens with one attached hydrogen (secondary N) is 1. The molecule has 0 fully saturated rings. The van der Waals surface area contributed by atoms with Crippen LogP contribution in [-0.2, 0) is 0 Å². The molecule has 0 aliphatic carbocycles. The zero-order valence-corrected chi connectivity index (χ0v) is 11.0. The van der Waals surface area contributed by atoms with E-state index < -0.39 is 0 Å². The third-order valence-electron chi connectivity index (χ3n) is 2.21. The van der Waals surface area contributed by atoms with Crippen LogP contribution in [0.25, 0.3) is 10.8 Å². The largest absolute Gasteiger partial charge is 0.476 e. The Bertz CT molecular complexity index is 485. The topological polar surface area (TPSA) is 24.9 Å². The monoisotopic (exact) mass is 310 g/mol. The zero-order chi connectivity index (χ0) is 10.1. The SMILES string of the molecule is Cc1ccc2c([NH][Al])nccc2c1I. The summed E-state index contributed by atoms with van der Waals surface area (Å²) in [5, 5.41) is 2.42. The van der Waals surface area contributed by atoms with Crippen LogP contribution in [0.3, 0.4) is 0 Å². The molecule has 2 aromatic rings. The lowest BCUT2D eigenvalue weighted by molar-refractivity contribution is 1.35. The second kappa shape index (κ2) is 4.05. The van der Waals surface area contributed by atoms with E-state index in [2.05, 4.69) is 73.5 Å². The van der Waals surface area contributed by atoms with Crippen LogP contribution < -0.4 is 4.30 Å². The normalized spacial score (nSPS) is 10.4. The van der Waals surface area contributed by atoms with Gasteiger partial charge in [-0.05, 0) is 41.1 Å². The van der Waals surface area contributed by atoms with E-state index in [1.54, 1.807) is 0 Å². The lowest BCUT2D eigenvalue weighted by atomic mass is 10.1. The van der Waals surface area contributed by atoms with Crippen LogP contribution in [0.5, 0.6) is 0 Å². The minimum absolute atomic E-state index is 0.908. The summed E-state index contributed by atoms with van der Waals surface area (Å²) < 4.78 is 4.31. The first-order valence-electron chi connectivity index (χ1n) is 4.24. The van der Waals surface area contributed by atoms with Crippen molar-refractivity contribution in [3.63, 3.8) is 0 Å². The van der Waals surface area contributed by atoms with Crippen LogP contribution >= 0.6 is 22.6 Å². The van der Waals surface area contributed by atoms with Gasteiger partial charge in [0, 0.05) is 20.5 Å². The highest BCUT2D eigenvalue weighted by Gasteiger charge is 2.04. The van der Waals surface area contributed by atoms with Gasteiger partial charge in [-0.15, -0.1) is 0 Å². The van der Waals surface area contributed by atoms with E-state index in [4.69, 9.17) is 0 Å². The molecule has 0 unspecified atom stereocenters. The Labute approximate surface area is 105 Å². The summed E-state index contributed by atoms with van der Waals surface area (Å²) in [6, 6.07) is 6.28. The van der Waals surface area contributed by atoms with Crippen LogP contribution in [0.1, 0.15) is 5.56 Å². The highest BCUT2D eigenvalue weighted by atomic mass is 127. The molecule has 68 valence electrons. The van der Waals surface area contributed by atoms with Crippen LogP contribution in [0.2, 0.25) is 0 Å². The minimum atomic E-state index is 0.908. The summed E-state index contributed by atoms with van der Waals surface area (Å²) in [5.41, 5.74) is 1.30. The van der Waals surface area contributed by atoms with Gasteiger partial charge in [0.1, 0.15) is 5.82 Å². The molecule has 0 atom stereocenters. The Kier molecular flexibility index (Phi) is 2.96. The Morgan fingerprint density at radius 3 is 2.79 bits per heavy atom. The van der Waals surface area contributed by atoms with Crippen molar-refractivity contribution >= 4 is 55.7 Å². The van der Waals surface area contributed by atoms with Crippen molar-refractivity contribution in [3.8, 4) is 0 Å².